The van der Waals surface area contributed by atoms with E-state index in [1.54, 1.807) is 12.1 Å². The standard InChI is InChI=1S/C28H32N4O4/c33-25(15-20-13-14-26(34)32(17-27(35)36)24-8-4-1-5-21(20)24)29-16-18-9-11-19(12-10-18)28-30-22-6-2-3-7-23(22)31-28/h1-8,18-20H,9-17H2,(H,29,33)(H,30,31)(H,35,36). The number of carbonyl (C=O) groups is 3. The molecule has 0 radical (unpaired) electrons. The maximum Gasteiger partial charge on any atom is 0.323 e. The number of benzene rings is 2. The number of aromatic amines is 1. The van der Waals surface area contributed by atoms with Crippen LogP contribution in [0.1, 0.15) is 68.2 Å². The number of carbonyl (C=O) groups excluding carboxylic acids is 2. The molecule has 5 rings (SSSR count). The smallest absolute Gasteiger partial charge is 0.323 e. The number of aliphatic carboxylic acids is 1. The third-order valence-electron chi connectivity index (χ3n) is 7.63. The Morgan fingerprint density at radius 1 is 1.03 bits per heavy atom. The van der Waals surface area contributed by atoms with Crippen LogP contribution in [0.3, 0.4) is 0 Å². The van der Waals surface area contributed by atoms with Crippen molar-refractivity contribution in [1.29, 1.82) is 0 Å². The molecule has 3 N–H and O–H groups in total. The number of carboxylic acid groups (broad SMARTS) is 1. The molecule has 1 aliphatic heterocycles. The number of aromatic nitrogens is 2. The number of carboxylic acids is 1. The van der Waals surface area contributed by atoms with Gasteiger partial charge in [0.05, 0.1) is 11.0 Å². The van der Waals surface area contributed by atoms with Gasteiger partial charge in [0.1, 0.15) is 12.4 Å². The number of hydrogen-bond donors (Lipinski definition) is 3. The highest BCUT2D eigenvalue weighted by Crippen LogP contribution is 2.37. The first-order chi connectivity index (χ1) is 17.5. The van der Waals surface area contributed by atoms with Crippen molar-refractivity contribution in [2.75, 3.05) is 18.0 Å². The fourth-order valence-electron chi connectivity index (χ4n) is 5.68. The topological polar surface area (TPSA) is 115 Å². The Morgan fingerprint density at radius 2 is 1.78 bits per heavy atom. The Kier molecular flexibility index (Phi) is 7.02. The van der Waals surface area contributed by atoms with Gasteiger partial charge in [0.25, 0.3) is 0 Å². The average molecular weight is 489 g/mol. The highest BCUT2D eigenvalue weighted by Gasteiger charge is 2.30. The van der Waals surface area contributed by atoms with Gasteiger partial charge in [0.15, 0.2) is 0 Å². The molecule has 1 fully saturated rings. The molecule has 188 valence electrons. The number of nitrogens with one attached hydrogen (secondary N) is 2. The SMILES string of the molecule is O=C(O)CN1C(=O)CCC(CC(=O)NCC2CCC(c3nc4ccccc4[nH]3)CC2)c2ccccc21. The van der Waals surface area contributed by atoms with Crippen molar-refractivity contribution < 1.29 is 19.5 Å². The minimum atomic E-state index is -1.05. The van der Waals surface area contributed by atoms with Crippen molar-refractivity contribution in [3.63, 3.8) is 0 Å². The molecule has 1 saturated carbocycles. The van der Waals surface area contributed by atoms with Gasteiger partial charge < -0.3 is 20.3 Å². The fourth-order valence-corrected chi connectivity index (χ4v) is 5.68. The van der Waals surface area contributed by atoms with Gasteiger partial charge in [-0.3, -0.25) is 14.4 Å². The van der Waals surface area contributed by atoms with Crippen LogP contribution in [0, 0.1) is 5.92 Å². The summed E-state index contributed by atoms with van der Waals surface area (Å²) in [4.78, 5) is 46.4. The number of amides is 2. The summed E-state index contributed by atoms with van der Waals surface area (Å²) >= 11 is 0. The number of fused-ring (bicyclic) bond motifs is 2. The van der Waals surface area contributed by atoms with E-state index in [1.165, 1.54) is 4.90 Å². The molecule has 1 aliphatic carbocycles. The van der Waals surface area contributed by atoms with Gasteiger partial charge in [-0.2, -0.15) is 0 Å². The lowest BCUT2D eigenvalue weighted by molar-refractivity contribution is -0.136. The van der Waals surface area contributed by atoms with E-state index in [-0.39, 0.29) is 30.7 Å². The quantitative estimate of drug-likeness (QED) is 0.458. The molecule has 1 atom stereocenters. The van der Waals surface area contributed by atoms with E-state index in [4.69, 9.17) is 4.98 Å². The van der Waals surface area contributed by atoms with E-state index in [0.29, 0.717) is 36.9 Å². The van der Waals surface area contributed by atoms with Gasteiger partial charge in [0, 0.05) is 31.0 Å². The Balaban J connectivity index is 1.15. The Morgan fingerprint density at radius 3 is 2.56 bits per heavy atom. The molecule has 2 amide bonds. The van der Waals surface area contributed by atoms with Gasteiger partial charge in [-0.15, -0.1) is 0 Å². The molecule has 36 heavy (non-hydrogen) atoms. The molecule has 2 aliphatic rings. The number of nitrogens with zero attached hydrogens (tertiary/aromatic N) is 2. The molecule has 2 aromatic carbocycles. The number of rotatable bonds is 7. The highest BCUT2D eigenvalue weighted by atomic mass is 16.4. The second-order valence-corrected chi connectivity index (χ2v) is 10.0. The normalized spacial score (nSPS) is 22.2. The molecular weight excluding hydrogens is 456 g/mol. The van der Waals surface area contributed by atoms with Crippen LogP contribution < -0.4 is 10.2 Å². The van der Waals surface area contributed by atoms with Gasteiger partial charge in [-0.1, -0.05) is 30.3 Å². The van der Waals surface area contributed by atoms with E-state index >= 15 is 0 Å². The lowest BCUT2D eigenvalue weighted by atomic mass is 9.81. The summed E-state index contributed by atoms with van der Waals surface area (Å²) in [6.07, 6.45) is 5.25. The lowest BCUT2D eigenvalue weighted by Gasteiger charge is -2.27. The molecular formula is C28H32N4O4. The first-order valence-corrected chi connectivity index (χ1v) is 12.8. The molecule has 1 unspecified atom stereocenters. The zero-order chi connectivity index (χ0) is 25.1. The molecule has 2 heterocycles. The first kappa shape index (κ1) is 24.0. The van der Waals surface area contributed by atoms with Crippen LogP contribution in [-0.2, 0) is 14.4 Å². The molecule has 3 aromatic rings. The van der Waals surface area contributed by atoms with Crippen molar-refractivity contribution in [2.24, 2.45) is 5.92 Å². The average Bonchev–Trinajstić information content (AvgIpc) is 3.28. The summed E-state index contributed by atoms with van der Waals surface area (Å²) in [6.45, 7) is 0.287. The van der Waals surface area contributed by atoms with Crippen LogP contribution in [0.5, 0.6) is 0 Å². The third-order valence-corrected chi connectivity index (χ3v) is 7.63. The van der Waals surface area contributed by atoms with Gasteiger partial charge in [-0.25, -0.2) is 4.98 Å². The summed E-state index contributed by atoms with van der Waals surface area (Å²) in [5, 5.41) is 12.4. The van der Waals surface area contributed by atoms with Crippen LogP contribution in [0.25, 0.3) is 11.0 Å². The van der Waals surface area contributed by atoms with Gasteiger partial charge in [-0.05, 0) is 67.7 Å². The van der Waals surface area contributed by atoms with Gasteiger partial charge >= 0.3 is 5.97 Å². The first-order valence-electron chi connectivity index (χ1n) is 12.8. The zero-order valence-electron chi connectivity index (χ0n) is 20.3. The van der Waals surface area contributed by atoms with E-state index in [2.05, 4.69) is 16.4 Å². The Hall–Kier alpha value is -3.68. The largest absolute Gasteiger partial charge is 0.480 e. The minimum absolute atomic E-state index is 0.0201. The number of H-pyrrole nitrogens is 1. The minimum Gasteiger partial charge on any atom is -0.480 e. The van der Waals surface area contributed by atoms with Crippen LogP contribution in [0.15, 0.2) is 48.5 Å². The Bertz CT molecular complexity index is 1230. The van der Waals surface area contributed by atoms with Crippen molar-refractivity contribution in [2.45, 2.75) is 56.8 Å². The van der Waals surface area contributed by atoms with Crippen molar-refractivity contribution >= 4 is 34.5 Å². The molecule has 1 aromatic heterocycles. The van der Waals surface area contributed by atoms with Crippen LogP contribution in [0.2, 0.25) is 0 Å². The van der Waals surface area contributed by atoms with Crippen LogP contribution in [-0.4, -0.2) is 45.9 Å². The van der Waals surface area contributed by atoms with E-state index in [9.17, 15) is 19.5 Å². The van der Waals surface area contributed by atoms with Crippen LogP contribution >= 0.6 is 0 Å². The van der Waals surface area contributed by atoms with Crippen molar-refractivity contribution in [3.8, 4) is 0 Å². The van der Waals surface area contributed by atoms with Crippen LogP contribution in [0.4, 0.5) is 5.69 Å². The van der Waals surface area contributed by atoms with Crippen molar-refractivity contribution in [3.05, 3.63) is 59.9 Å². The second-order valence-electron chi connectivity index (χ2n) is 10.0. The maximum atomic E-state index is 12.9. The lowest BCUT2D eigenvalue weighted by Crippen LogP contribution is -2.35. The molecule has 8 heteroatoms. The molecule has 0 spiro atoms. The summed E-state index contributed by atoms with van der Waals surface area (Å²) in [5.74, 6) is 0.540. The summed E-state index contributed by atoms with van der Waals surface area (Å²) < 4.78 is 0. The number of anilines is 1. The fraction of sp³-hybridized carbons (Fsp3) is 0.429. The number of para-hydroxylation sites is 3. The summed E-state index contributed by atoms with van der Waals surface area (Å²) in [6, 6.07) is 15.4. The maximum absolute atomic E-state index is 12.9. The molecule has 8 nitrogen and oxygen atoms in total. The number of imidazole rings is 1. The summed E-state index contributed by atoms with van der Waals surface area (Å²) in [7, 11) is 0. The predicted molar refractivity (Wildman–Crippen MR) is 137 cm³/mol. The van der Waals surface area contributed by atoms with Gasteiger partial charge in [0.2, 0.25) is 11.8 Å². The molecule has 0 bridgehead atoms. The highest BCUT2D eigenvalue weighted by molar-refractivity contribution is 5.99. The molecule has 0 saturated heterocycles. The zero-order valence-corrected chi connectivity index (χ0v) is 20.3. The number of hydrogen-bond acceptors (Lipinski definition) is 4. The van der Waals surface area contributed by atoms with Crippen molar-refractivity contribution in [1.82, 2.24) is 15.3 Å². The predicted octanol–water partition coefficient (Wildman–Crippen LogP) is 4.34. The van der Waals surface area contributed by atoms with E-state index in [1.807, 2.05) is 30.3 Å². The second kappa shape index (κ2) is 10.5. The monoisotopic (exact) mass is 488 g/mol. The van der Waals surface area contributed by atoms with E-state index < -0.39 is 5.97 Å². The Labute approximate surface area is 210 Å². The third kappa shape index (κ3) is 5.27. The summed E-state index contributed by atoms with van der Waals surface area (Å²) in [5.41, 5.74) is 3.56. The van der Waals surface area contributed by atoms with E-state index in [0.717, 1.165) is 48.1 Å².